The minimum absolute atomic E-state index is 0.910. The van der Waals surface area contributed by atoms with Gasteiger partial charge in [0, 0.05) is 19.2 Å². The van der Waals surface area contributed by atoms with Gasteiger partial charge in [0.1, 0.15) is 5.82 Å². The standard InChI is InChI=1S/C21H24N2/c1-2-23-17-20(15-9-14-18-10-5-3-6-11-18)22-21(23)16-19-12-7-4-8-13-19/h3-8,10-13,17H,2,9,14-16H2,1H3. The lowest BCUT2D eigenvalue weighted by atomic mass is 10.1. The SMILES string of the molecule is CCn1cc(CCCc2ccccc2)nc1Cc1ccccc1. The molecule has 0 fully saturated rings. The van der Waals surface area contributed by atoms with Crippen molar-refractivity contribution in [2.45, 2.75) is 39.2 Å². The zero-order valence-electron chi connectivity index (χ0n) is 13.8. The summed E-state index contributed by atoms with van der Waals surface area (Å²) in [5.74, 6) is 1.17. The maximum atomic E-state index is 4.87. The summed E-state index contributed by atoms with van der Waals surface area (Å²) in [4.78, 5) is 4.87. The van der Waals surface area contributed by atoms with Crippen LogP contribution in [0.15, 0.2) is 66.9 Å². The number of hydrogen-bond acceptors (Lipinski definition) is 1. The molecule has 3 rings (SSSR count). The Labute approximate surface area is 138 Å². The highest BCUT2D eigenvalue weighted by Gasteiger charge is 2.07. The quantitative estimate of drug-likeness (QED) is 0.620. The van der Waals surface area contributed by atoms with E-state index in [2.05, 4.69) is 78.4 Å². The number of aromatic nitrogens is 2. The normalized spacial score (nSPS) is 10.8. The Morgan fingerprint density at radius 2 is 1.48 bits per heavy atom. The molecule has 2 nitrogen and oxygen atoms in total. The molecule has 0 N–H and O–H groups in total. The molecule has 3 aromatic rings. The summed E-state index contributed by atoms with van der Waals surface area (Å²) in [5.41, 5.74) is 3.95. The largest absolute Gasteiger partial charge is 0.335 e. The van der Waals surface area contributed by atoms with E-state index in [-0.39, 0.29) is 0 Å². The molecule has 0 saturated carbocycles. The molecule has 0 amide bonds. The first-order valence-corrected chi connectivity index (χ1v) is 8.48. The van der Waals surface area contributed by atoms with Gasteiger partial charge in [-0.05, 0) is 37.3 Å². The molecule has 2 aromatic carbocycles. The van der Waals surface area contributed by atoms with Crippen LogP contribution in [0.1, 0.15) is 36.0 Å². The van der Waals surface area contributed by atoms with Gasteiger partial charge < -0.3 is 4.57 Å². The maximum absolute atomic E-state index is 4.87. The van der Waals surface area contributed by atoms with E-state index in [4.69, 9.17) is 4.98 Å². The van der Waals surface area contributed by atoms with Crippen molar-refractivity contribution in [2.75, 3.05) is 0 Å². The number of benzene rings is 2. The molecule has 1 heterocycles. The lowest BCUT2D eigenvalue weighted by molar-refractivity contribution is 0.712. The van der Waals surface area contributed by atoms with E-state index in [0.717, 1.165) is 32.2 Å². The highest BCUT2D eigenvalue weighted by Crippen LogP contribution is 2.13. The van der Waals surface area contributed by atoms with Crippen molar-refractivity contribution < 1.29 is 0 Å². The second-order valence-corrected chi connectivity index (χ2v) is 5.94. The van der Waals surface area contributed by atoms with Gasteiger partial charge in [-0.15, -0.1) is 0 Å². The van der Waals surface area contributed by atoms with E-state index >= 15 is 0 Å². The number of hydrogen-bond donors (Lipinski definition) is 0. The van der Waals surface area contributed by atoms with Crippen molar-refractivity contribution in [1.82, 2.24) is 9.55 Å². The summed E-state index contributed by atoms with van der Waals surface area (Å²) in [7, 11) is 0. The van der Waals surface area contributed by atoms with Crippen LogP contribution in [0.3, 0.4) is 0 Å². The molecule has 0 spiro atoms. The summed E-state index contributed by atoms with van der Waals surface area (Å²) in [6, 6.07) is 21.3. The Balaban J connectivity index is 1.62. The van der Waals surface area contributed by atoms with E-state index in [1.54, 1.807) is 0 Å². The monoisotopic (exact) mass is 304 g/mol. The lowest BCUT2D eigenvalue weighted by Gasteiger charge is -2.04. The first-order chi connectivity index (χ1) is 11.3. The van der Waals surface area contributed by atoms with Crippen molar-refractivity contribution in [3.8, 4) is 0 Å². The molecule has 0 bridgehead atoms. The predicted molar refractivity (Wildman–Crippen MR) is 95.6 cm³/mol. The number of imidazole rings is 1. The fourth-order valence-corrected chi connectivity index (χ4v) is 2.95. The number of rotatable bonds is 7. The van der Waals surface area contributed by atoms with Crippen molar-refractivity contribution in [2.24, 2.45) is 0 Å². The average Bonchev–Trinajstić information content (AvgIpc) is 2.98. The molecule has 1 aromatic heterocycles. The van der Waals surface area contributed by atoms with Gasteiger partial charge in [-0.3, -0.25) is 0 Å². The molecule has 118 valence electrons. The maximum Gasteiger partial charge on any atom is 0.113 e. The van der Waals surface area contributed by atoms with Crippen LogP contribution in [-0.4, -0.2) is 9.55 Å². The third-order valence-electron chi connectivity index (χ3n) is 4.20. The van der Waals surface area contributed by atoms with Crippen LogP contribution in [0.25, 0.3) is 0 Å². The Kier molecular flexibility index (Phi) is 5.25. The van der Waals surface area contributed by atoms with Gasteiger partial charge in [-0.25, -0.2) is 4.98 Å². The predicted octanol–water partition coefficient (Wildman–Crippen LogP) is 4.67. The fourth-order valence-electron chi connectivity index (χ4n) is 2.95. The van der Waals surface area contributed by atoms with E-state index in [1.165, 1.54) is 22.6 Å². The Morgan fingerprint density at radius 3 is 2.13 bits per heavy atom. The summed E-state index contributed by atoms with van der Waals surface area (Å²) in [6.07, 6.45) is 6.45. The molecular weight excluding hydrogens is 280 g/mol. The molecule has 0 aliphatic carbocycles. The van der Waals surface area contributed by atoms with Crippen molar-refractivity contribution in [1.29, 1.82) is 0 Å². The van der Waals surface area contributed by atoms with Gasteiger partial charge in [0.2, 0.25) is 0 Å². The van der Waals surface area contributed by atoms with Gasteiger partial charge in [-0.1, -0.05) is 60.7 Å². The third-order valence-corrected chi connectivity index (χ3v) is 4.20. The summed E-state index contributed by atoms with van der Waals surface area (Å²) in [5, 5.41) is 0. The topological polar surface area (TPSA) is 17.8 Å². The summed E-state index contributed by atoms with van der Waals surface area (Å²) >= 11 is 0. The van der Waals surface area contributed by atoms with Gasteiger partial charge in [0.05, 0.1) is 5.69 Å². The average molecular weight is 304 g/mol. The molecule has 0 saturated heterocycles. The highest BCUT2D eigenvalue weighted by molar-refractivity contribution is 5.20. The molecular formula is C21H24N2. The fraction of sp³-hybridized carbons (Fsp3) is 0.286. The van der Waals surface area contributed by atoms with Crippen LogP contribution in [0.5, 0.6) is 0 Å². The molecule has 0 atom stereocenters. The van der Waals surface area contributed by atoms with E-state index in [9.17, 15) is 0 Å². The van der Waals surface area contributed by atoms with Crippen molar-refractivity contribution in [3.05, 3.63) is 89.5 Å². The van der Waals surface area contributed by atoms with Crippen LogP contribution >= 0.6 is 0 Å². The minimum atomic E-state index is 0.910. The van der Waals surface area contributed by atoms with Gasteiger partial charge in [0.25, 0.3) is 0 Å². The van der Waals surface area contributed by atoms with Crippen LogP contribution in [0, 0.1) is 0 Å². The Hall–Kier alpha value is -2.35. The first-order valence-electron chi connectivity index (χ1n) is 8.48. The van der Waals surface area contributed by atoms with E-state index in [0.29, 0.717) is 0 Å². The molecule has 2 heteroatoms. The highest BCUT2D eigenvalue weighted by atomic mass is 15.1. The van der Waals surface area contributed by atoms with Gasteiger partial charge in [0.15, 0.2) is 0 Å². The summed E-state index contributed by atoms with van der Waals surface area (Å²) in [6.45, 7) is 3.16. The lowest BCUT2D eigenvalue weighted by Crippen LogP contribution is -2.01. The number of aryl methyl sites for hydroxylation is 3. The molecule has 0 aliphatic heterocycles. The Bertz CT molecular complexity index is 714. The second kappa shape index (κ2) is 7.77. The van der Waals surface area contributed by atoms with Crippen molar-refractivity contribution in [3.63, 3.8) is 0 Å². The van der Waals surface area contributed by atoms with E-state index < -0.39 is 0 Å². The summed E-state index contributed by atoms with van der Waals surface area (Å²) < 4.78 is 2.28. The van der Waals surface area contributed by atoms with Crippen molar-refractivity contribution >= 4 is 0 Å². The number of nitrogens with zero attached hydrogens (tertiary/aromatic N) is 2. The molecule has 0 radical (unpaired) electrons. The van der Waals surface area contributed by atoms with Gasteiger partial charge in [-0.2, -0.15) is 0 Å². The minimum Gasteiger partial charge on any atom is -0.335 e. The molecule has 0 unspecified atom stereocenters. The Morgan fingerprint density at radius 1 is 0.826 bits per heavy atom. The molecule has 23 heavy (non-hydrogen) atoms. The van der Waals surface area contributed by atoms with Crippen LogP contribution < -0.4 is 0 Å². The third kappa shape index (κ3) is 4.32. The van der Waals surface area contributed by atoms with Gasteiger partial charge >= 0.3 is 0 Å². The van der Waals surface area contributed by atoms with Crippen LogP contribution in [0.4, 0.5) is 0 Å². The van der Waals surface area contributed by atoms with Crippen LogP contribution in [-0.2, 0) is 25.8 Å². The smallest absolute Gasteiger partial charge is 0.113 e. The second-order valence-electron chi connectivity index (χ2n) is 5.94. The van der Waals surface area contributed by atoms with Crippen LogP contribution in [0.2, 0.25) is 0 Å². The first kappa shape index (κ1) is 15.5. The van der Waals surface area contributed by atoms with E-state index in [1.807, 2.05) is 0 Å². The zero-order valence-corrected chi connectivity index (χ0v) is 13.8. The zero-order chi connectivity index (χ0) is 15.9. The molecule has 0 aliphatic rings.